The van der Waals surface area contributed by atoms with Crippen molar-refractivity contribution in [1.29, 1.82) is 0 Å². The fourth-order valence-corrected chi connectivity index (χ4v) is 0.509. The molecule has 1 aromatic rings. The summed E-state index contributed by atoms with van der Waals surface area (Å²) in [4.78, 5) is 14.1. The smallest absolute Gasteiger partial charge is 0.250 e. The number of nitrogens with zero attached hydrogens (tertiary/aromatic N) is 1. The summed E-state index contributed by atoms with van der Waals surface area (Å²) < 4.78 is 0. The van der Waals surface area contributed by atoms with Gasteiger partial charge in [0.25, 0.3) is 0 Å². The first kappa shape index (κ1) is 9.18. The molecule has 0 saturated heterocycles. The Morgan fingerprint density at radius 3 is 2.45 bits per heavy atom. The second kappa shape index (κ2) is 5.00. The Hall–Kier alpha value is -1.82. The molecule has 1 aromatic heterocycles. The first-order valence-electron chi connectivity index (χ1n) is 2.84. The van der Waals surface area contributed by atoms with Gasteiger partial charge in [-0.05, 0) is 12.1 Å². The van der Waals surface area contributed by atoms with Gasteiger partial charge >= 0.3 is 0 Å². The zero-order valence-electron chi connectivity index (χ0n) is 5.90. The maximum atomic E-state index is 10.4. The zero-order chi connectivity index (χ0) is 8.69. The summed E-state index contributed by atoms with van der Waals surface area (Å²) in [5, 5.41) is 0. The molecule has 0 unspecified atom stereocenters. The van der Waals surface area contributed by atoms with Crippen LogP contribution in [0.25, 0.3) is 0 Å². The number of pyridine rings is 1. The molecule has 0 aliphatic heterocycles. The van der Waals surface area contributed by atoms with E-state index < -0.39 is 5.91 Å². The van der Waals surface area contributed by atoms with Crippen LogP contribution in [0.15, 0.2) is 24.5 Å². The minimum absolute atomic E-state index is 0.442. The zero-order valence-corrected chi connectivity index (χ0v) is 5.90. The summed E-state index contributed by atoms with van der Waals surface area (Å²) >= 11 is 0. The molecule has 0 aromatic carbocycles. The maximum Gasteiger partial charge on any atom is 0.250 e. The molecule has 0 radical (unpaired) electrons. The Labute approximate surface area is 65.3 Å². The van der Waals surface area contributed by atoms with Crippen LogP contribution in [-0.2, 0) is 0 Å². The first-order chi connectivity index (χ1) is 5.30. The number of nitrogens with two attached hydrogens (primary N) is 1. The lowest BCUT2D eigenvalue weighted by molar-refractivity contribution is 0.1000. The van der Waals surface area contributed by atoms with Gasteiger partial charge in [-0.3, -0.25) is 9.78 Å². The van der Waals surface area contributed by atoms with Gasteiger partial charge in [0.2, 0.25) is 5.91 Å². The van der Waals surface area contributed by atoms with Crippen molar-refractivity contribution in [3.8, 4) is 12.8 Å². The number of aromatic nitrogens is 1. The maximum absolute atomic E-state index is 10.4. The van der Waals surface area contributed by atoms with Gasteiger partial charge < -0.3 is 5.73 Å². The van der Waals surface area contributed by atoms with Gasteiger partial charge in [-0.2, -0.15) is 0 Å². The summed E-state index contributed by atoms with van der Waals surface area (Å²) in [5.41, 5.74) is 5.38. The van der Waals surface area contributed by atoms with E-state index in [0.29, 0.717) is 5.56 Å². The van der Waals surface area contributed by atoms with E-state index in [0.717, 1.165) is 0 Å². The minimum atomic E-state index is -0.442. The van der Waals surface area contributed by atoms with Crippen molar-refractivity contribution in [3.05, 3.63) is 30.1 Å². The number of carbonyl (C=O) groups excluding carboxylic acids is 1. The SMILES string of the molecule is C#C.NC(=O)c1cccnc1. The highest BCUT2D eigenvalue weighted by Crippen LogP contribution is 1.91. The molecule has 1 amide bonds. The second-order valence-electron chi connectivity index (χ2n) is 1.61. The molecule has 0 bridgehead atoms. The van der Waals surface area contributed by atoms with Crippen LogP contribution in [0, 0.1) is 12.8 Å². The third-order valence-corrected chi connectivity index (χ3v) is 0.946. The highest BCUT2D eigenvalue weighted by molar-refractivity contribution is 5.92. The quantitative estimate of drug-likeness (QED) is 0.587. The normalized spacial score (nSPS) is 7.45. The van der Waals surface area contributed by atoms with Crippen LogP contribution in [0.4, 0.5) is 0 Å². The van der Waals surface area contributed by atoms with Crippen molar-refractivity contribution in [2.45, 2.75) is 0 Å². The molecular weight excluding hydrogens is 140 g/mol. The van der Waals surface area contributed by atoms with E-state index in [9.17, 15) is 4.79 Å². The largest absolute Gasteiger partial charge is 0.366 e. The molecular formula is C8H8N2O. The summed E-state index contributed by atoms with van der Waals surface area (Å²) in [6.07, 6.45) is 11.0. The van der Waals surface area contributed by atoms with Crippen molar-refractivity contribution in [3.63, 3.8) is 0 Å². The van der Waals surface area contributed by atoms with Crippen molar-refractivity contribution in [2.75, 3.05) is 0 Å². The van der Waals surface area contributed by atoms with Crippen LogP contribution >= 0.6 is 0 Å². The van der Waals surface area contributed by atoms with Gasteiger partial charge in [0.15, 0.2) is 0 Å². The highest BCUT2D eigenvalue weighted by atomic mass is 16.1. The molecule has 2 N–H and O–H groups in total. The number of hydrogen-bond acceptors (Lipinski definition) is 2. The Bertz CT molecular complexity index is 241. The fraction of sp³-hybridized carbons (Fsp3) is 0. The van der Waals surface area contributed by atoms with E-state index in [1.165, 1.54) is 6.20 Å². The lowest BCUT2D eigenvalue weighted by Gasteiger charge is -1.88. The van der Waals surface area contributed by atoms with Gasteiger partial charge in [0, 0.05) is 12.4 Å². The number of terminal acetylenes is 1. The minimum Gasteiger partial charge on any atom is -0.366 e. The van der Waals surface area contributed by atoms with E-state index in [2.05, 4.69) is 17.8 Å². The molecule has 3 nitrogen and oxygen atoms in total. The Morgan fingerprint density at radius 1 is 1.55 bits per heavy atom. The van der Waals surface area contributed by atoms with Crippen LogP contribution < -0.4 is 5.73 Å². The fourth-order valence-electron chi connectivity index (χ4n) is 0.509. The molecule has 0 saturated carbocycles. The van der Waals surface area contributed by atoms with Crippen LogP contribution in [0.3, 0.4) is 0 Å². The van der Waals surface area contributed by atoms with Gasteiger partial charge in [-0.25, -0.2) is 0 Å². The van der Waals surface area contributed by atoms with Crippen molar-refractivity contribution < 1.29 is 4.79 Å². The number of amides is 1. The van der Waals surface area contributed by atoms with Crippen molar-refractivity contribution >= 4 is 5.91 Å². The number of carbonyl (C=O) groups is 1. The first-order valence-corrected chi connectivity index (χ1v) is 2.84. The van der Waals surface area contributed by atoms with E-state index in [1.807, 2.05) is 0 Å². The summed E-state index contributed by atoms with van der Waals surface area (Å²) in [6.45, 7) is 0. The molecule has 0 aliphatic rings. The van der Waals surface area contributed by atoms with E-state index in [1.54, 1.807) is 18.3 Å². The third-order valence-electron chi connectivity index (χ3n) is 0.946. The number of hydrogen-bond donors (Lipinski definition) is 1. The molecule has 0 aliphatic carbocycles. The summed E-state index contributed by atoms with van der Waals surface area (Å²) in [6, 6.07) is 3.29. The van der Waals surface area contributed by atoms with Gasteiger partial charge in [0.05, 0.1) is 5.56 Å². The standard InChI is InChI=1S/C6H6N2O.C2H2/c7-6(9)5-2-1-3-8-4-5;1-2/h1-4H,(H2,7,9);1-2H. The van der Waals surface area contributed by atoms with Crippen LogP contribution in [-0.4, -0.2) is 10.9 Å². The lowest BCUT2D eigenvalue weighted by atomic mass is 10.3. The average molecular weight is 148 g/mol. The summed E-state index contributed by atoms with van der Waals surface area (Å²) in [5.74, 6) is -0.442. The monoisotopic (exact) mass is 148 g/mol. The van der Waals surface area contributed by atoms with Gasteiger partial charge in [-0.15, -0.1) is 12.8 Å². The topological polar surface area (TPSA) is 56.0 Å². The van der Waals surface area contributed by atoms with Crippen LogP contribution in [0.1, 0.15) is 10.4 Å². The second-order valence-corrected chi connectivity index (χ2v) is 1.61. The molecule has 0 fully saturated rings. The van der Waals surface area contributed by atoms with Crippen molar-refractivity contribution in [1.82, 2.24) is 4.98 Å². The molecule has 1 heterocycles. The predicted octanol–water partition coefficient (Wildman–Crippen LogP) is 0.430. The van der Waals surface area contributed by atoms with Crippen LogP contribution in [0.2, 0.25) is 0 Å². The average Bonchev–Trinajstić information content (AvgIpc) is 2.10. The Morgan fingerprint density at radius 2 is 2.18 bits per heavy atom. The van der Waals surface area contributed by atoms with Gasteiger partial charge in [0.1, 0.15) is 0 Å². The van der Waals surface area contributed by atoms with E-state index in [-0.39, 0.29) is 0 Å². The Kier molecular flexibility index (Phi) is 4.18. The number of rotatable bonds is 1. The van der Waals surface area contributed by atoms with E-state index >= 15 is 0 Å². The third kappa shape index (κ3) is 3.01. The highest BCUT2D eigenvalue weighted by Gasteiger charge is 1.94. The van der Waals surface area contributed by atoms with Crippen LogP contribution in [0.5, 0.6) is 0 Å². The molecule has 3 heteroatoms. The molecule has 0 atom stereocenters. The predicted molar refractivity (Wildman–Crippen MR) is 42.6 cm³/mol. The molecule has 1 rings (SSSR count). The lowest BCUT2D eigenvalue weighted by Crippen LogP contribution is -2.10. The molecule has 0 spiro atoms. The molecule has 11 heavy (non-hydrogen) atoms. The Balaban J connectivity index is 0.000000461. The molecule has 56 valence electrons. The summed E-state index contributed by atoms with van der Waals surface area (Å²) in [7, 11) is 0. The van der Waals surface area contributed by atoms with Crippen molar-refractivity contribution in [2.24, 2.45) is 5.73 Å². The number of primary amides is 1. The van der Waals surface area contributed by atoms with Gasteiger partial charge in [-0.1, -0.05) is 0 Å². The van der Waals surface area contributed by atoms with E-state index in [4.69, 9.17) is 5.73 Å².